The van der Waals surface area contributed by atoms with Crippen LogP contribution in [0.5, 0.6) is 0 Å². The van der Waals surface area contributed by atoms with E-state index in [0.717, 1.165) is 37.2 Å². The van der Waals surface area contributed by atoms with Crippen molar-refractivity contribution in [1.29, 1.82) is 0 Å². The van der Waals surface area contributed by atoms with E-state index in [0.29, 0.717) is 12.1 Å². The lowest BCUT2D eigenvalue weighted by atomic mass is 9.81. The van der Waals surface area contributed by atoms with Crippen LogP contribution in [0.25, 0.3) is 0 Å². The fourth-order valence-electron chi connectivity index (χ4n) is 5.34. The molecule has 0 unspecified atom stereocenters. The maximum atomic E-state index is 13.6. The Morgan fingerprint density at radius 1 is 0.844 bits per heavy atom. The number of fused-ring (bicyclic) bond motifs is 1. The summed E-state index contributed by atoms with van der Waals surface area (Å²) in [6.07, 6.45) is 0.891. The Morgan fingerprint density at radius 2 is 1.50 bits per heavy atom. The molecule has 2 heterocycles. The third kappa shape index (κ3) is 4.17. The molecule has 2 fully saturated rings. The molecule has 0 saturated carbocycles. The van der Waals surface area contributed by atoms with Gasteiger partial charge in [0.25, 0.3) is 5.91 Å². The van der Waals surface area contributed by atoms with E-state index in [9.17, 15) is 13.6 Å². The van der Waals surface area contributed by atoms with Crippen molar-refractivity contribution in [2.24, 2.45) is 5.92 Å². The molecule has 3 nitrogen and oxygen atoms in total. The minimum absolute atomic E-state index is 0.0668. The standard InChI is InChI=1S/C27H26F2N2O/c28-22-10-6-19(7-11-22)16-30-15-14-26-25(17-30)24(20-8-12-23(29)13-9-20)18-31(26)27(32)21-4-2-1-3-5-21/h1-13,24-26H,14-18H2/t24-,25-,26-/m1/s1. The monoisotopic (exact) mass is 432 g/mol. The van der Waals surface area contributed by atoms with Gasteiger partial charge in [-0.15, -0.1) is 0 Å². The summed E-state index contributed by atoms with van der Waals surface area (Å²) in [7, 11) is 0. The van der Waals surface area contributed by atoms with Crippen molar-refractivity contribution in [1.82, 2.24) is 9.80 Å². The first kappa shape index (κ1) is 20.8. The molecule has 164 valence electrons. The molecule has 2 aliphatic rings. The molecule has 0 aromatic heterocycles. The molecule has 0 spiro atoms. The van der Waals surface area contributed by atoms with E-state index in [-0.39, 0.29) is 35.4 Å². The Morgan fingerprint density at radius 3 is 2.19 bits per heavy atom. The van der Waals surface area contributed by atoms with Crippen LogP contribution >= 0.6 is 0 Å². The van der Waals surface area contributed by atoms with Crippen molar-refractivity contribution in [3.8, 4) is 0 Å². The normalized spacial score (nSPS) is 23.2. The van der Waals surface area contributed by atoms with Gasteiger partial charge < -0.3 is 4.90 Å². The zero-order valence-corrected chi connectivity index (χ0v) is 17.8. The van der Waals surface area contributed by atoms with Crippen LogP contribution in [0.1, 0.15) is 33.8 Å². The molecule has 2 aliphatic heterocycles. The second-order valence-electron chi connectivity index (χ2n) is 8.86. The first-order chi connectivity index (χ1) is 15.6. The molecule has 5 heteroatoms. The highest BCUT2D eigenvalue weighted by Gasteiger charge is 2.47. The van der Waals surface area contributed by atoms with Crippen LogP contribution in [-0.2, 0) is 6.54 Å². The van der Waals surface area contributed by atoms with Crippen LogP contribution in [0.15, 0.2) is 78.9 Å². The molecule has 3 atom stereocenters. The summed E-state index contributed by atoms with van der Waals surface area (Å²) in [6, 6.07) is 23.0. The average Bonchev–Trinajstić information content (AvgIpc) is 3.20. The number of hydrogen-bond acceptors (Lipinski definition) is 2. The topological polar surface area (TPSA) is 23.6 Å². The molecule has 5 rings (SSSR count). The van der Waals surface area contributed by atoms with Gasteiger partial charge in [-0.3, -0.25) is 9.69 Å². The van der Waals surface area contributed by atoms with Gasteiger partial charge in [0.05, 0.1) is 0 Å². The van der Waals surface area contributed by atoms with Crippen LogP contribution < -0.4 is 0 Å². The minimum atomic E-state index is -0.248. The number of piperidine rings is 1. The zero-order chi connectivity index (χ0) is 22.1. The second-order valence-corrected chi connectivity index (χ2v) is 8.86. The lowest BCUT2D eigenvalue weighted by molar-refractivity contribution is 0.0614. The number of carbonyl (C=O) groups is 1. The smallest absolute Gasteiger partial charge is 0.254 e. The fraction of sp³-hybridized carbons (Fsp3) is 0.296. The SMILES string of the molecule is O=C(c1ccccc1)N1C[C@H](c2ccc(F)cc2)[C@H]2CN(Cc3ccc(F)cc3)CC[C@H]21. The van der Waals surface area contributed by atoms with Crippen molar-refractivity contribution in [3.63, 3.8) is 0 Å². The van der Waals surface area contributed by atoms with Gasteiger partial charge in [-0.1, -0.05) is 42.5 Å². The van der Waals surface area contributed by atoms with E-state index in [1.807, 2.05) is 59.5 Å². The van der Waals surface area contributed by atoms with Gasteiger partial charge >= 0.3 is 0 Å². The maximum absolute atomic E-state index is 13.6. The molecule has 0 aliphatic carbocycles. The van der Waals surface area contributed by atoms with Crippen molar-refractivity contribution < 1.29 is 13.6 Å². The van der Waals surface area contributed by atoms with Crippen LogP contribution in [0.2, 0.25) is 0 Å². The summed E-state index contributed by atoms with van der Waals surface area (Å²) < 4.78 is 26.9. The average molecular weight is 433 g/mol. The molecular formula is C27H26F2N2O. The van der Waals surface area contributed by atoms with Gasteiger partial charge in [0.1, 0.15) is 11.6 Å². The molecule has 32 heavy (non-hydrogen) atoms. The molecule has 0 radical (unpaired) electrons. The van der Waals surface area contributed by atoms with Gasteiger partial charge in [-0.05, 0) is 53.9 Å². The van der Waals surface area contributed by atoms with E-state index < -0.39 is 0 Å². The summed E-state index contributed by atoms with van der Waals surface area (Å²) in [5, 5.41) is 0. The van der Waals surface area contributed by atoms with Gasteiger partial charge in [-0.2, -0.15) is 0 Å². The molecule has 3 aromatic rings. The number of halogens is 2. The highest BCUT2D eigenvalue weighted by molar-refractivity contribution is 5.94. The number of rotatable bonds is 4. The number of hydrogen-bond donors (Lipinski definition) is 0. The number of likely N-dealkylation sites (tertiary alicyclic amines) is 2. The highest BCUT2D eigenvalue weighted by atomic mass is 19.1. The van der Waals surface area contributed by atoms with Gasteiger partial charge in [0, 0.05) is 49.6 Å². The van der Waals surface area contributed by atoms with E-state index >= 15 is 0 Å². The first-order valence-corrected chi connectivity index (χ1v) is 11.2. The van der Waals surface area contributed by atoms with Crippen LogP contribution in [0.4, 0.5) is 8.78 Å². The predicted molar refractivity (Wildman–Crippen MR) is 120 cm³/mol. The Labute approximate surface area is 187 Å². The molecule has 1 amide bonds. The third-order valence-electron chi connectivity index (χ3n) is 6.91. The number of amides is 1. The minimum Gasteiger partial charge on any atom is -0.335 e. The van der Waals surface area contributed by atoms with E-state index in [4.69, 9.17) is 0 Å². The summed E-state index contributed by atoms with van der Waals surface area (Å²) in [5.41, 5.74) is 2.87. The van der Waals surface area contributed by atoms with Crippen molar-refractivity contribution in [3.05, 3.63) is 107 Å². The number of benzene rings is 3. The fourth-order valence-corrected chi connectivity index (χ4v) is 5.34. The second kappa shape index (κ2) is 8.83. The molecule has 0 bridgehead atoms. The van der Waals surface area contributed by atoms with Crippen molar-refractivity contribution >= 4 is 5.91 Å². The highest BCUT2D eigenvalue weighted by Crippen LogP contribution is 2.42. The van der Waals surface area contributed by atoms with Gasteiger partial charge in [-0.25, -0.2) is 8.78 Å². The Hall–Kier alpha value is -3.05. The number of nitrogens with zero attached hydrogens (tertiary/aromatic N) is 2. The Bertz CT molecular complexity index is 1070. The van der Waals surface area contributed by atoms with Gasteiger partial charge in [0.2, 0.25) is 0 Å². The third-order valence-corrected chi connectivity index (χ3v) is 6.91. The molecule has 2 saturated heterocycles. The lowest BCUT2D eigenvalue weighted by Crippen LogP contribution is -2.47. The zero-order valence-electron chi connectivity index (χ0n) is 17.8. The number of carbonyl (C=O) groups excluding carboxylic acids is 1. The quantitative estimate of drug-likeness (QED) is 0.573. The van der Waals surface area contributed by atoms with Crippen LogP contribution in [0, 0.1) is 17.6 Å². The van der Waals surface area contributed by atoms with E-state index in [2.05, 4.69) is 4.90 Å². The molecular weight excluding hydrogens is 406 g/mol. The Balaban J connectivity index is 1.40. The molecule has 0 N–H and O–H groups in total. The summed E-state index contributed by atoms with van der Waals surface area (Å²) in [5.74, 6) is 0.0144. The lowest BCUT2D eigenvalue weighted by Gasteiger charge is -2.39. The first-order valence-electron chi connectivity index (χ1n) is 11.2. The van der Waals surface area contributed by atoms with E-state index in [1.165, 1.54) is 24.3 Å². The summed E-state index contributed by atoms with van der Waals surface area (Å²) in [6.45, 7) is 3.13. The maximum Gasteiger partial charge on any atom is 0.254 e. The largest absolute Gasteiger partial charge is 0.335 e. The summed E-state index contributed by atoms with van der Waals surface area (Å²) >= 11 is 0. The molecule has 3 aromatic carbocycles. The predicted octanol–water partition coefficient (Wildman–Crippen LogP) is 5.10. The Kier molecular flexibility index (Phi) is 5.75. The van der Waals surface area contributed by atoms with Crippen LogP contribution in [-0.4, -0.2) is 41.4 Å². The van der Waals surface area contributed by atoms with Crippen molar-refractivity contribution in [2.75, 3.05) is 19.6 Å². The van der Waals surface area contributed by atoms with Crippen molar-refractivity contribution in [2.45, 2.75) is 24.9 Å². The summed E-state index contributed by atoms with van der Waals surface area (Å²) in [4.78, 5) is 17.8. The van der Waals surface area contributed by atoms with E-state index in [1.54, 1.807) is 0 Å². The van der Waals surface area contributed by atoms with Crippen LogP contribution in [0.3, 0.4) is 0 Å². The van der Waals surface area contributed by atoms with Gasteiger partial charge in [0.15, 0.2) is 0 Å².